The highest BCUT2D eigenvalue weighted by Crippen LogP contribution is 1.78. The van der Waals surface area contributed by atoms with Crippen LogP contribution < -0.4 is 5.73 Å². The molecule has 0 rings (SSSR count). The molecule has 0 saturated heterocycles. The molecule has 0 aromatic carbocycles. The van der Waals surface area contributed by atoms with Gasteiger partial charge >= 0.3 is 0 Å². The van der Waals surface area contributed by atoms with Crippen LogP contribution in [0.25, 0.3) is 0 Å². The van der Waals surface area contributed by atoms with Crippen LogP contribution in [0.5, 0.6) is 0 Å². The number of hydrogen-bond donors (Lipinski definition) is 1. The second-order valence-corrected chi connectivity index (χ2v) is 1.78. The van der Waals surface area contributed by atoms with Crippen molar-refractivity contribution >= 4 is 0 Å². The molecule has 0 bridgehead atoms. The zero-order valence-electron chi connectivity index (χ0n) is 9.59. The smallest absolute Gasteiger partial charge is 0.0177 e. The fourth-order valence-corrected chi connectivity index (χ4v) is 0.370. The molecule has 0 radical (unpaired) electrons. The lowest BCUT2D eigenvalue weighted by Crippen LogP contribution is -2.17. The molecular weight excluding hydrogens is 148 g/mol. The minimum atomic E-state index is 0.951. The average Bonchev–Trinajstić information content (AvgIpc) is 2.20. The van der Waals surface area contributed by atoms with Crippen LogP contribution in [0.4, 0.5) is 0 Å². The molecule has 76 valence electrons. The summed E-state index contributed by atoms with van der Waals surface area (Å²) < 4.78 is 0. The topological polar surface area (TPSA) is 29.3 Å². The summed E-state index contributed by atoms with van der Waals surface area (Å²) in [4.78, 5) is 2.17. The lowest BCUT2D eigenvalue weighted by Gasteiger charge is -2.08. The fourth-order valence-electron chi connectivity index (χ4n) is 0.370. The summed E-state index contributed by atoms with van der Waals surface area (Å²) in [6.07, 6.45) is 3.51. The summed E-state index contributed by atoms with van der Waals surface area (Å²) >= 11 is 0. The van der Waals surface area contributed by atoms with E-state index < -0.39 is 0 Å². The molecule has 0 spiro atoms. The SMILES string of the molecule is CC.CC.CCN(C)C/C=C/N. The third kappa shape index (κ3) is 22.7. The van der Waals surface area contributed by atoms with Crippen molar-refractivity contribution in [2.45, 2.75) is 34.6 Å². The van der Waals surface area contributed by atoms with Gasteiger partial charge in [0, 0.05) is 6.54 Å². The monoisotopic (exact) mass is 174 g/mol. The minimum absolute atomic E-state index is 0.951. The standard InChI is InChI=1S/C6H14N2.2C2H6/c1-3-8(2)6-4-5-7;2*1-2/h4-5H,3,6-7H2,1-2H3;2*1-2H3/b5-4+;;. The van der Waals surface area contributed by atoms with Gasteiger partial charge in [-0.15, -0.1) is 0 Å². The maximum atomic E-state index is 5.12. The van der Waals surface area contributed by atoms with Crippen molar-refractivity contribution in [3.8, 4) is 0 Å². The second-order valence-electron chi connectivity index (χ2n) is 1.78. The molecule has 0 aliphatic heterocycles. The van der Waals surface area contributed by atoms with Gasteiger partial charge in [-0.2, -0.15) is 0 Å². The van der Waals surface area contributed by atoms with Gasteiger partial charge in [0.05, 0.1) is 0 Å². The van der Waals surface area contributed by atoms with Crippen LogP contribution in [0, 0.1) is 0 Å². The maximum Gasteiger partial charge on any atom is 0.0177 e. The van der Waals surface area contributed by atoms with Gasteiger partial charge in [0.15, 0.2) is 0 Å². The molecule has 0 saturated carbocycles. The zero-order chi connectivity index (χ0) is 10.4. The van der Waals surface area contributed by atoms with E-state index in [4.69, 9.17) is 5.73 Å². The Hall–Kier alpha value is -0.500. The van der Waals surface area contributed by atoms with E-state index in [1.807, 2.05) is 33.8 Å². The van der Waals surface area contributed by atoms with Crippen LogP contribution in [0.1, 0.15) is 34.6 Å². The van der Waals surface area contributed by atoms with E-state index in [1.54, 1.807) is 6.20 Å². The van der Waals surface area contributed by atoms with Crippen molar-refractivity contribution in [1.29, 1.82) is 0 Å². The van der Waals surface area contributed by atoms with Gasteiger partial charge in [-0.25, -0.2) is 0 Å². The van der Waals surface area contributed by atoms with Gasteiger partial charge in [-0.1, -0.05) is 40.7 Å². The molecule has 0 heterocycles. The van der Waals surface area contributed by atoms with Crippen LogP contribution in [0.15, 0.2) is 12.3 Å². The maximum absolute atomic E-state index is 5.12. The van der Waals surface area contributed by atoms with E-state index in [0.29, 0.717) is 0 Å². The predicted molar refractivity (Wildman–Crippen MR) is 59.2 cm³/mol. The Morgan fingerprint density at radius 3 is 1.83 bits per heavy atom. The van der Waals surface area contributed by atoms with E-state index in [-0.39, 0.29) is 0 Å². The lowest BCUT2D eigenvalue weighted by molar-refractivity contribution is 0.392. The Bertz CT molecular complexity index is 70.2. The third-order valence-electron chi connectivity index (χ3n) is 1.09. The van der Waals surface area contributed by atoms with Crippen molar-refractivity contribution in [2.75, 3.05) is 20.1 Å². The van der Waals surface area contributed by atoms with E-state index in [2.05, 4.69) is 18.9 Å². The van der Waals surface area contributed by atoms with E-state index >= 15 is 0 Å². The molecule has 2 nitrogen and oxygen atoms in total. The van der Waals surface area contributed by atoms with Gasteiger partial charge in [0.2, 0.25) is 0 Å². The molecule has 0 aromatic rings. The average molecular weight is 174 g/mol. The van der Waals surface area contributed by atoms with Crippen LogP contribution in [0.2, 0.25) is 0 Å². The first kappa shape index (κ1) is 17.5. The highest BCUT2D eigenvalue weighted by molar-refractivity contribution is 4.78. The van der Waals surface area contributed by atoms with Crippen LogP contribution >= 0.6 is 0 Å². The van der Waals surface area contributed by atoms with Crippen molar-refractivity contribution in [2.24, 2.45) is 5.73 Å². The predicted octanol–water partition coefficient (Wildman–Crippen LogP) is 2.46. The van der Waals surface area contributed by atoms with E-state index in [1.165, 1.54) is 0 Å². The molecule has 0 fully saturated rings. The molecular formula is C10H26N2. The van der Waals surface area contributed by atoms with Crippen molar-refractivity contribution in [3.63, 3.8) is 0 Å². The van der Waals surface area contributed by atoms with Crippen LogP contribution in [-0.2, 0) is 0 Å². The number of likely N-dealkylation sites (N-methyl/N-ethyl adjacent to an activating group) is 1. The van der Waals surface area contributed by atoms with Gasteiger partial charge < -0.3 is 10.6 Å². The molecule has 0 atom stereocenters. The number of nitrogens with two attached hydrogens (primary N) is 1. The molecule has 0 amide bonds. The molecule has 2 N–H and O–H groups in total. The van der Waals surface area contributed by atoms with Gasteiger partial charge in [0.25, 0.3) is 0 Å². The number of nitrogens with zero attached hydrogens (tertiary/aromatic N) is 1. The van der Waals surface area contributed by atoms with Crippen molar-refractivity contribution in [1.82, 2.24) is 4.90 Å². The Morgan fingerprint density at radius 2 is 1.58 bits per heavy atom. The second kappa shape index (κ2) is 22.4. The van der Waals surface area contributed by atoms with Gasteiger partial charge in [-0.3, -0.25) is 0 Å². The molecule has 0 unspecified atom stereocenters. The number of hydrogen-bond acceptors (Lipinski definition) is 2. The summed E-state index contributed by atoms with van der Waals surface area (Å²) in [6.45, 7) is 12.1. The Labute approximate surface area is 78.4 Å². The summed E-state index contributed by atoms with van der Waals surface area (Å²) in [5.41, 5.74) is 5.12. The first-order valence-corrected chi connectivity index (χ1v) is 4.86. The fraction of sp³-hybridized carbons (Fsp3) is 0.800. The Balaban J connectivity index is -0.000000175. The molecule has 12 heavy (non-hydrogen) atoms. The summed E-state index contributed by atoms with van der Waals surface area (Å²) in [5, 5.41) is 0. The first-order chi connectivity index (χ1) is 5.81. The lowest BCUT2D eigenvalue weighted by atomic mass is 10.5. The van der Waals surface area contributed by atoms with Crippen LogP contribution in [-0.4, -0.2) is 25.0 Å². The van der Waals surface area contributed by atoms with Gasteiger partial charge in [-0.05, 0) is 19.8 Å². The Morgan fingerprint density at radius 1 is 1.17 bits per heavy atom. The minimum Gasteiger partial charge on any atom is -0.405 e. The Kier molecular flexibility index (Phi) is 32.8. The quantitative estimate of drug-likeness (QED) is 0.712. The molecule has 2 heteroatoms. The third-order valence-corrected chi connectivity index (χ3v) is 1.09. The summed E-state index contributed by atoms with van der Waals surface area (Å²) in [7, 11) is 2.06. The molecule has 0 aromatic heterocycles. The van der Waals surface area contributed by atoms with Crippen molar-refractivity contribution in [3.05, 3.63) is 12.3 Å². The highest BCUT2D eigenvalue weighted by atomic mass is 15.1. The zero-order valence-corrected chi connectivity index (χ0v) is 9.59. The van der Waals surface area contributed by atoms with E-state index in [0.717, 1.165) is 13.1 Å². The van der Waals surface area contributed by atoms with Crippen molar-refractivity contribution < 1.29 is 0 Å². The highest BCUT2D eigenvalue weighted by Gasteiger charge is 1.85. The number of rotatable bonds is 3. The summed E-state index contributed by atoms with van der Waals surface area (Å²) in [6, 6.07) is 0. The molecule has 0 aliphatic rings. The molecule has 0 aliphatic carbocycles. The summed E-state index contributed by atoms with van der Waals surface area (Å²) in [5.74, 6) is 0. The first-order valence-electron chi connectivity index (χ1n) is 4.86. The van der Waals surface area contributed by atoms with E-state index in [9.17, 15) is 0 Å². The van der Waals surface area contributed by atoms with Gasteiger partial charge in [0.1, 0.15) is 0 Å². The van der Waals surface area contributed by atoms with Crippen LogP contribution in [0.3, 0.4) is 0 Å². The largest absolute Gasteiger partial charge is 0.405 e. The normalized spacial score (nSPS) is 8.58.